The topological polar surface area (TPSA) is 220 Å². The predicted octanol–water partition coefficient (Wildman–Crippen LogP) is -1.88. The SMILES string of the molecule is NCCCCC(NC(=O)C(Cc1ccccc1)NC(=O)CNC(=O)C(N)CCC(N)=O)C(=O)O. The summed E-state index contributed by atoms with van der Waals surface area (Å²) in [7, 11) is 0. The molecule has 0 radical (unpaired) electrons. The highest BCUT2D eigenvalue weighted by Gasteiger charge is 2.27. The van der Waals surface area contributed by atoms with Crippen molar-refractivity contribution in [3.63, 3.8) is 0 Å². The summed E-state index contributed by atoms with van der Waals surface area (Å²) in [6.07, 6.45) is 1.40. The number of primary amides is 1. The Balaban J connectivity index is 2.78. The average Bonchev–Trinajstić information content (AvgIpc) is 2.80. The maximum Gasteiger partial charge on any atom is 0.326 e. The number of aliphatic carboxylic acids is 1. The fraction of sp³-hybridized carbons (Fsp3) is 0.500. The molecule has 0 saturated carbocycles. The third-order valence-electron chi connectivity index (χ3n) is 4.96. The van der Waals surface area contributed by atoms with Crippen molar-refractivity contribution in [3.05, 3.63) is 35.9 Å². The summed E-state index contributed by atoms with van der Waals surface area (Å²) in [5, 5.41) is 16.8. The van der Waals surface area contributed by atoms with Gasteiger partial charge in [-0.25, -0.2) is 4.79 Å². The zero-order valence-electron chi connectivity index (χ0n) is 19.0. The molecular weight excluding hydrogens is 444 g/mol. The Labute approximate surface area is 198 Å². The van der Waals surface area contributed by atoms with Gasteiger partial charge in [0, 0.05) is 12.8 Å². The second-order valence-electron chi connectivity index (χ2n) is 7.82. The quantitative estimate of drug-likeness (QED) is 0.133. The van der Waals surface area contributed by atoms with Gasteiger partial charge in [0.2, 0.25) is 23.6 Å². The van der Waals surface area contributed by atoms with Crippen molar-refractivity contribution < 1.29 is 29.1 Å². The van der Waals surface area contributed by atoms with Gasteiger partial charge in [0.1, 0.15) is 12.1 Å². The molecule has 3 atom stereocenters. The second kappa shape index (κ2) is 15.3. The van der Waals surface area contributed by atoms with Gasteiger partial charge in [0.05, 0.1) is 12.6 Å². The molecule has 0 bridgehead atoms. The highest BCUT2D eigenvalue weighted by Crippen LogP contribution is 2.06. The molecule has 0 fully saturated rings. The summed E-state index contributed by atoms with van der Waals surface area (Å²) in [6.45, 7) is -0.0502. The minimum atomic E-state index is -1.19. The molecule has 10 N–H and O–H groups in total. The first-order valence-corrected chi connectivity index (χ1v) is 11.0. The number of rotatable bonds is 16. The van der Waals surface area contributed by atoms with Crippen LogP contribution >= 0.6 is 0 Å². The number of carboxylic acid groups (broad SMARTS) is 1. The summed E-state index contributed by atoms with van der Waals surface area (Å²) in [6, 6.07) is 5.65. The van der Waals surface area contributed by atoms with Crippen molar-refractivity contribution in [1.82, 2.24) is 16.0 Å². The summed E-state index contributed by atoms with van der Waals surface area (Å²) >= 11 is 0. The molecule has 188 valence electrons. The lowest BCUT2D eigenvalue weighted by molar-refractivity contribution is -0.142. The fourth-order valence-corrected chi connectivity index (χ4v) is 3.05. The Morgan fingerprint density at radius 3 is 2.18 bits per heavy atom. The Morgan fingerprint density at radius 2 is 1.59 bits per heavy atom. The van der Waals surface area contributed by atoms with Crippen molar-refractivity contribution in [2.75, 3.05) is 13.1 Å². The third-order valence-corrected chi connectivity index (χ3v) is 4.96. The van der Waals surface area contributed by atoms with Crippen LogP contribution in [0.5, 0.6) is 0 Å². The number of hydrogen-bond acceptors (Lipinski definition) is 7. The molecule has 1 aromatic carbocycles. The van der Waals surface area contributed by atoms with Crippen molar-refractivity contribution in [3.8, 4) is 0 Å². The number of carbonyl (C=O) groups excluding carboxylic acids is 4. The summed E-state index contributed by atoms with van der Waals surface area (Å²) in [5.74, 6) is -3.76. The van der Waals surface area contributed by atoms with Gasteiger partial charge < -0.3 is 38.3 Å². The van der Waals surface area contributed by atoms with Gasteiger partial charge in [-0.1, -0.05) is 30.3 Å². The van der Waals surface area contributed by atoms with Gasteiger partial charge in [0.25, 0.3) is 0 Å². The lowest BCUT2D eigenvalue weighted by atomic mass is 10.0. The molecule has 12 heteroatoms. The molecule has 0 aliphatic rings. The molecule has 0 saturated heterocycles. The van der Waals surface area contributed by atoms with Gasteiger partial charge in [-0.05, 0) is 37.8 Å². The molecule has 1 rings (SSSR count). The van der Waals surface area contributed by atoms with Crippen LogP contribution in [0, 0.1) is 0 Å². The number of hydrogen-bond donors (Lipinski definition) is 7. The Bertz CT molecular complexity index is 834. The Morgan fingerprint density at radius 1 is 0.912 bits per heavy atom. The molecular formula is C22H34N6O6. The molecule has 0 aliphatic carbocycles. The van der Waals surface area contributed by atoms with Crippen molar-refractivity contribution in [1.29, 1.82) is 0 Å². The van der Waals surface area contributed by atoms with E-state index in [0.29, 0.717) is 19.4 Å². The third kappa shape index (κ3) is 11.4. The second-order valence-corrected chi connectivity index (χ2v) is 7.82. The zero-order valence-corrected chi connectivity index (χ0v) is 19.0. The molecule has 1 aromatic rings. The average molecular weight is 479 g/mol. The van der Waals surface area contributed by atoms with E-state index in [1.165, 1.54) is 0 Å². The molecule has 34 heavy (non-hydrogen) atoms. The highest BCUT2D eigenvalue weighted by atomic mass is 16.4. The number of carbonyl (C=O) groups is 5. The minimum Gasteiger partial charge on any atom is -0.480 e. The van der Waals surface area contributed by atoms with E-state index in [4.69, 9.17) is 17.2 Å². The largest absolute Gasteiger partial charge is 0.480 e. The van der Waals surface area contributed by atoms with Crippen LogP contribution in [0.2, 0.25) is 0 Å². The van der Waals surface area contributed by atoms with Gasteiger partial charge in [-0.15, -0.1) is 0 Å². The Hall–Kier alpha value is -3.51. The van der Waals surface area contributed by atoms with Gasteiger partial charge in [-0.2, -0.15) is 0 Å². The van der Waals surface area contributed by atoms with E-state index >= 15 is 0 Å². The van der Waals surface area contributed by atoms with E-state index < -0.39 is 54.3 Å². The van der Waals surface area contributed by atoms with E-state index in [-0.39, 0.29) is 25.7 Å². The number of nitrogens with one attached hydrogen (secondary N) is 3. The fourth-order valence-electron chi connectivity index (χ4n) is 3.05. The molecule has 3 unspecified atom stereocenters. The monoisotopic (exact) mass is 478 g/mol. The van der Waals surface area contributed by atoms with Crippen LogP contribution in [0.1, 0.15) is 37.7 Å². The molecule has 0 aromatic heterocycles. The maximum absolute atomic E-state index is 12.9. The number of carboxylic acids is 1. The number of amides is 4. The minimum absolute atomic E-state index is 0.0303. The lowest BCUT2D eigenvalue weighted by Gasteiger charge is -2.22. The van der Waals surface area contributed by atoms with Crippen LogP contribution in [0.25, 0.3) is 0 Å². The van der Waals surface area contributed by atoms with Crippen LogP contribution < -0.4 is 33.2 Å². The van der Waals surface area contributed by atoms with Gasteiger partial charge >= 0.3 is 5.97 Å². The first kappa shape index (κ1) is 28.5. The van der Waals surface area contributed by atoms with E-state index in [9.17, 15) is 29.1 Å². The summed E-state index contributed by atoms with van der Waals surface area (Å²) < 4.78 is 0. The van der Waals surface area contributed by atoms with Crippen LogP contribution in [0.4, 0.5) is 0 Å². The first-order chi connectivity index (χ1) is 16.1. The van der Waals surface area contributed by atoms with Crippen LogP contribution in [-0.2, 0) is 30.4 Å². The van der Waals surface area contributed by atoms with Crippen LogP contribution in [-0.4, -0.2) is 65.9 Å². The lowest BCUT2D eigenvalue weighted by Crippen LogP contribution is -2.54. The van der Waals surface area contributed by atoms with E-state index in [0.717, 1.165) is 5.56 Å². The number of nitrogens with two attached hydrogens (primary N) is 3. The Kier molecular flexibility index (Phi) is 12.9. The maximum atomic E-state index is 12.9. The molecule has 0 aliphatic heterocycles. The van der Waals surface area contributed by atoms with Crippen molar-refractivity contribution >= 4 is 29.6 Å². The normalized spacial score (nSPS) is 13.2. The molecule has 12 nitrogen and oxygen atoms in total. The predicted molar refractivity (Wildman–Crippen MR) is 124 cm³/mol. The first-order valence-electron chi connectivity index (χ1n) is 11.0. The van der Waals surface area contributed by atoms with Gasteiger partial charge in [-0.3, -0.25) is 19.2 Å². The molecule has 4 amide bonds. The zero-order chi connectivity index (χ0) is 25.5. The number of benzene rings is 1. The standard InChI is InChI=1S/C22H34N6O6/c23-11-5-4-8-16(22(33)34)28-21(32)17(12-14-6-2-1-3-7-14)27-19(30)13-26-20(31)15(24)9-10-18(25)29/h1-3,6-7,15-17H,4-5,8-13,23-24H2,(H2,25,29)(H,26,31)(H,27,30)(H,28,32)(H,33,34). The van der Waals surface area contributed by atoms with Crippen molar-refractivity contribution in [2.24, 2.45) is 17.2 Å². The van der Waals surface area contributed by atoms with E-state index in [1.54, 1.807) is 30.3 Å². The van der Waals surface area contributed by atoms with Crippen molar-refractivity contribution in [2.45, 2.75) is 56.7 Å². The van der Waals surface area contributed by atoms with Crippen LogP contribution in [0.15, 0.2) is 30.3 Å². The van der Waals surface area contributed by atoms with Crippen LogP contribution in [0.3, 0.4) is 0 Å². The van der Waals surface area contributed by atoms with Gasteiger partial charge in [0.15, 0.2) is 0 Å². The smallest absolute Gasteiger partial charge is 0.326 e. The summed E-state index contributed by atoms with van der Waals surface area (Å²) in [5.41, 5.74) is 16.9. The van der Waals surface area contributed by atoms with E-state index in [1.807, 2.05) is 0 Å². The summed E-state index contributed by atoms with van der Waals surface area (Å²) in [4.78, 5) is 59.6. The van der Waals surface area contributed by atoms with E-state index in [2.05, 4.69) is 16.0 Å². The highest BCUT2D eigenvalue weighted by molar-refractivity contribution is 5.92. The molecule has 0 spiro atoms. The number of unbranched alkanes of at least 4 members (excludes halogenated alkanes) is 1. The molecule has 0 heterocycles.